The molecule has 0 radical (unpaired) electrons. The van der Waals surface area contributed by atoms with Crippen LogP contribution in [0.25, 0.3) is 10.2 Å². The van der Waals surface area contributed by atoms with Gasteiger partial charge in [0.15, 0.2) is 5.69 Å². The van der Waals surface area contributed by atoms with Crippen LogP contribution in [0, 0.1) is 0 Å². The van der Waals surface area contributed by atoms with Gasteiger partial charge in [0.2, 0.25) is 0 Å². The van der Waals surface area contributed by atoms with Crippen LogP contribution in [-0.4, -0.2) is 39.0 Å². The fraction of sp³-hybridized carbons (Fsp3) is 0.375. The van der Waals surface area contributed by atoms with Gasteiger partial charge in [-0.3, -0.25) is 4.79 Å². The summed E-state index contributed by atoms with van der Waals surface area (Å²) in [6, 6.07) is 8.28. The van der Waals surface area contributed by atoms with Crippen molar-refractivity contribution in [3.63, 3.8) is 0 Å². The fourth-order valence-electron chi connectivity index (χ4n) is 2.87. The van der Waals surface area contributed by atoms with Gasteiger partial charge in [0.25, 0.3) is 5.91 Å². The quantitative estimate of drug-likeness (QED) is 0.726. The molecule has 0 unspecified atom stereocenters. The molecule has 2 N–H and O–H groups in total. The molecular formula is C16H19ClN6OS. The number of halogens is 1. The second-order valence-electron chi connectivity index (χ2n) is 5.82. The molecule has 7 nitrogen and oxygen atoms in total. The van der Waals surface area contributed by atoms with Crippen LogP contribution in [0.5, 0.6) is 0 Å². The van der Waals surface area contributed by atoms with Crippen LogP contribution in [0.15, 0.2) is 30.5 Å². The van der Waals surface area contributed by atoms with Gasteiger partial charge >= 0.3 is 0 Å². The third-order valence-electron chi connectivity index (χ3n) is 4.16. The number of para-hydroxylation sites is 1. The predicted molar refractivity (Wildman–Crippen MR) is 99.2 cm³/mol. The van der Waals surface area contributed by atoms with Gasteiger partial charge in [-0.25, -0.2) is 9.67 Å². The SMILES string of the molecule is Cl.O=C(NCc1nc2ccccc2s1)c1cn(C2CCNCC2)nn1. The zero-order valence-corrected chi connectivity index (χ0v) is 15.1. The molecule has 0 atom stereocenters. The molecule has 3 heterocycles. The Balaban J connectivity index is 0.00000182. The second kappa shape index (κ2) is 7.90. The van der Waals surface area contributed by atoms with E-state index in [1.54, 1.807) is 17.5 Å². The Hall–Kier alpha value is -2.03. The van der Waals surface area contributed by atoms with E-state index >= 15 is 0 Å². The number of hydrogen-bond donors (Lipinski definition) is 2. The predicted octanol–water partition coefficient (Wildman–Crippen LogP) is 2.16. The lowest BCUT2D eigenvalue weighted by molar-refractivity contribution is 0.0946. The van der Waals surface area contributed by atoms with Crippen molar-refractivity contribution >= 4 is 39.9 Å². The molecule has 0 spiro atoms. The number of nitrogens with one attached hydrogen (secondary N) is 2. The molecule has 0 aliphatic carbocycles. The molecule has 0 saturated carbocycles. The number of benzene rings is 1. The van der Waals surface area contributed by atoms with Crippen LogP contribution in [0.3, 0.4) is 0 Å². The van der Waals surface area contributed by atoms with Gasteiger partial charge in [0, 0.05) is 0 Å². The molecular weight excluding hydrogens is 360 g/mol. The maximum Gasteiger partial charge on any atom is 0.273 e. The summed E-state index contributed by atoms with van der Waals surface area (Å²) in [4.78, 5) is 16.8. The van der Waals surface area contributed by atoms with Crippen molar-refractivity contribution in [2.45, 2.75) is 25.4 Å². The largest absolute Gasteiger partial charge is 0.344 e. The minimum absolute atomic E-state index is 0. The minimum atomic E-state index is -0.213. The van der Waals surface area contributed by atoms with E-state index in [4.69, 9.17) is 0 Å². The Bertz CT molecular complexity index is 824. The highest BCUT2D eigenvalue weighted by atomic mass is 35.5. The molecule has 25 heavy (non-hydrogen) atoms. The number of fused-ring (bicyclic) bond motifs is 1. The van der Waals surface area contributed by atoms with Crippen LogP contribution >= 0.6 is 23.7 Å². The lowest BCUT2D eigenvalue weighted by Gasteiger charge is -2.22. The standard InChI is InChI=1S/C16H18N6OS.ClH/c23-16(13-10-22(21-20-13)11-5-7-17-8-6-11)18-9-15-19-12-3-1-2-4-14(12)24-15;/h1-4,10-11,17H,5-9H2,(H,18,23);1H. The number of hydrogen-bond acceptors (Lipinski definition) is 6. The van der Waals surface area contributed by atoms with Crippen molar-refractivity contribution in [3.05, 3.63) is 41.2 Å². The monoisotopic (exact) mass is 378 g/mol. The van der Waals surface area contributed by atoms with Crippen molar-refractivity contribution in [2.24, 2.45) is 0 Å². The van der Waals surface area contributed by atoms with Gasteiger partial charge in [-0.05, 0) is 38.1 Å². The number of amides is 1. The molecule has 1 aliphatic heterocycles. The van der Waals surface area contributed by atoms with E-state index in [0.717, 1.165) is 41.2 Å². The van der Waals surface area contributed by atoms with Gasteiger partial charge in [-0.1, -0.05) is 17.3 Å². The van der Waals surface area contributed by atoms with Crippen LogP contribution in [0.2, 0.25) is 0 Å². The first-order chi connectivity index (χ1) is 11.8. The maximum absolute atomic E-state index is 12.3. The highest BCUT2D eigenvalue weighted by Gasteiger charge is 2.18. The topological polar surface area (TPSA) is 84.7 Å². The summed E-state index contributed by atoms with van der Waals surface area (Å²) in [5.74, 6) is -0.213. The van der Waals surface area contributed by atoms with Gasteiger partial charge < -0.3 is 10.6 Å². The first kappa shape index (κ1) is 17.8. The molecule has 3 aromatic rings. The number of carbonyl (C=O) groups excluding carboxylic acids is 1. The van der Waals surface area contributed by atoms with E-state index in [9.17, 15) is 4.79 Å². The van der Waals surface area contributed by atoms with Crippen molar-refractivity contribution < 1.29 is 4.79 Å². The summed E-state index contributed by atoms with van der Waals surface area (Å²) < 4.78 is 2.94. The van der Waals surface area contributed by atoms with Crippen molar-refractivity contribution in [3.8, 4) is 0 Å². The van der Waals surface area contributed by atoms with Crippen LogP contribution in [0.1, 0.15) is 34.4 Å². The third kappa shape index (κ3) is 3.97. The summed E-state index contributed by atoms with van der Waals surface area (Å²) in [5, 5.41) is 15.2. The van der Waals surface area contributed by atoms with E-state index < -0.39 is 0 Å². The zero-order valence-electron chi connectivity index (χ0n) is 13.5. The zero-order chi connectivity index (χ0) is 16.4. The normalized spacial score (nSPS) is 15.0. The lowest BCUT2D eigenvalue weighted by atomic mass is 10.1. The average molecular weight is 379 g/mol. The number of rotatable bonds is 4. The van der Waals surface area contributed by atoms with Crippen molar-refractivity contribution in [1.82, 2.24) is 30.6 Å². The number of carbonyl (C=O) groups is 1. The Labute approximate surface area is 155 Å². The smallest absolute Gasteiger partial charge is 0.273 e. The molecule has 0 bridgehead atoms. The molecule has 1 amide bonds. The number of aromatic nitrogens is 4. The third-order valence-corrected chi connectivity index (χ3v) is 5.20. The average Bonchev–Trinajstić information content (AvgIpc) is 3.27. The van der Waals surface area contributed by atoms with E-state index in [0.29, 0.717) is 18.3 Å². The Morgan fingerprint density at radius 3 is 2.92 bits per heavy atom. The van der Waals surface area contributed by atoms with E-state index in [2.05, 4.69) is 25.9 Å². The molecule has 4 rings (SSSR count). The molecule has 9 heteroatoms. The highest BCUT2D eigenvalue weighted by molar-refractivity contribution is 7.18. The van der Waals surface area contributed by atoms with Gasteiger partial charge in [-0.15, -0.1) is 28.8 Å². The Kier molecular flexibility index (Phi) is 5.62. The lowest BCUT2D eigenvalue weighted by Crippen LogP contribution is -2.29. The number of thiazole rings is 1. The first-order valence-corrected chi connectivity index (χ1v) is 8.86. The van der Waals surface area contributed by atoms with Crippen molar-refractivity contribution in [1.29, 1.82) is 0 Å². The molecule has 1 aromatic carbocycles. The van der Waals surface area contributed by atoms with E-state index in [1.165, 1.54) is 0 Å². The fourth-order valence-corrected chi connectivity index (χ4v) is 3.78. The molecule has 1 saturated heterocycles. The number of piperidine rings is 1. The Morgan fingerprint density at radius 1 is 1.32 bits per heavy atom. The van der Waals surface area contributed by atoms with Gasteiger partial charge in [-0.2, -0.15) is 0 Å². The summed E-state index contributed by atoms with van der Waals surface area (Å²) in [6.07, 6.45) is 3.76. The van der Waals surface area contributed by atoms with E-state index in [1.807, 2.05) is 28.9 Å². The van der Waals surface area contributed by atoms with Crippen LogP contribution in [-0.2, 0) is 6.54 Å². The number of nitrogens with zero attached hydrogens (tertiary/aromatic N) is 4. The van der Waals surface area contributed by atoms with Gasteiger partial charge in [0.05, 0.1) is 29.0 Å². The van der Waals surface area contributed by atoms with Gasteiger partial charge in [0.1, 0.15) is 5.01 Å². The van der Waals surface area contributed by atoms with Crippen LogP contribution < -0.4 is 10.6 Å². The molecule has 132 valence electrons. The molecule has 1 aliphatic rings. The summed E-state index contributed by atoms with van der Waals surface area (Å²) in [5.41, 5.74) is 1.32. The minimum Gasteiger partial charge on any atom is -0.344 e. The molecule has 1 fully saturated rings. The first-order valence-electron chi connectivity index (χ1n) is 8.05. The highest BCUT2D eigenvalue weighted by Crippen LogP contribution is 2.21. The molecule has 2 aromatic heterocycles. The summed E-state index contributed by atoms with van der Waals surface area (Å²) >= 11 is 1.59. The van der Waals surface area contributed by atoms with Crippen LogP contribution in [0.4, 0.5) is 0 Å². The maximum atomic E-state index is 12.3. The Morgan fingerprint density at radius 2 is 2.12 bits per heavy atom. The second-order valence-corrected chi connectivity index (χ2v) is 6.94. The van der Waals surface area contributed by atoms with Crippen molar-refractivity contribution in [2.75, 3.05) is 13.1 Å². The summed E-state index contributed by atoms with van der Waals surface area (Å²) in [7, 11) is 0. The summed E-state index contributed by atoms with van der Waals surface area (Å²) in [6.45, 7) is 2.35. The van der Waals surface area contributed by atoms with E-state index in [-0.39, 0.29) is 18.3 Å².